The molecule has 0 spiro atoms. The Balaban J connectivity index is 2.50. The molecule has 1 rings (SSSR count). The number of aliphatic hydroxyl groups is 1. The standard InChI is InChI=1S/C13H27NO3S/c1-12(2,18(3,16)17)9-14-10-13(11-15)7-5-4-6-8-13/h14-15H,4-11H2,1-3H3. The summed E-state index contributed by atoms with van der Waals surface area (Å²) in [4.78, 5) is 0. The van der Waals surface area contributed by atoms with Crippen LogP contribution in [0, 0.1) is 5.41 Å². The molecule has 0 unspecified atom stereocenters. The molecule has 0 aromatic rings. The molecule has 4 nitrogen and oxygen atoms in total. The molecule has 0 heterocycles. The molecule has 108 valence electrons. The van der Waals surface area contributed by atoms with Gasteiger partial charge in [0.25, 0.3) is 0 Å². The second kappa shape index (κ2) is 5.88. The van der Waals surface area contributed by atoms with Gasteiger partial charge in [-0.15, -0.1) is 0 Å². The van der Waals surface area contributed by atoms with E-state index in [1.807, 2.05) is 0 Å². The number of hydrogen-bond acceptors (Lipinski definition) is 4. The maximum atomic E-state index is 11.6. The van der Waals surface area contributed by atoms with E-state index in [0.29, 0.717) is 13.1 Å². The lowest BCUT2D eigenvalue weighted by molar-refractivity contribution is 0.0810. The minimum Gasteiger partial charge on any atom is -0.396 e. The van der Waals surface area contributed by atoms with Gasteiger partial charge in [-0.3, -0.25) is 0 Å². The predicted molar refractivity (Wildman–Crippen MR) is 74.4 cm³/mol. The van der Waals surface area contributed by atoms with Crippen LogP contribution < -0.4 is 5.32 Å². The number of nitrogens with one attached hydrogen (secondary N) is 1. The van der Waals surface area contributed by atoms with Crippen LogP contribution in [0.3, 0.4) is 0 Å². The van der Waals surface area contributed by atoms with E-state index in [1.54, 1.807) is 13.8 Å². The molecule has 1 aliphatic carbocycles. The Labute approximate surface area is 111 Å². The number of hydrogen-bond donors (Lipinski definition) is 2. The number of rotatable bonds is 6. The molecule has 0 atom stereocenters. The zero-order chi connectivity index (χ0) is 13.9. The van der Waals surface area contributed by atoms with Crippen molar-refractivity contribution in [2.24, 2.45) is 5.41 Å². The minimum atomic E-state index is -3.06. The van der Waals surface area contributed by atoms with Gasteiger partial charge >= 0.3 is 0 Å². The topological polar surface area (TPSA) is 66.4 Å². The summed E-state index contributed by atoms with van der Waals surface area (Å²) in [7, 11) is -3.06. The third-order valence-electron chi connectivity index (χ3n) is 4.30. The van der Waals surface area contributed by atoms with E-state index in [0.717, 1.165) is 25.7 Å². The molecule has 18 heavy (non-hydrogen) atoms. The van der Waals surface area contributed by atoms with Crippen molar-refractivity contribution in [1.82, 2.24) is 5.32 Å². The van der Waals surface area contributed by atoms with Crippen molar-refractivity contribution in [3.8, 4) is 0 Å². The minimum absolute atomic E-state index is 0.0359. The maximum absolute atomic E-state index is 11.6. The number of aliphatic hydroxyl groups excluding tert-OH is 1. The fraction of sp³-hybridized carbons (Fsp3) is 1.00. The normalized spacial score (nSPS) is 20.9. The first-order valence-corrected chi connectivity index (χ1v) is 8.63. The van der Waals surface area contributed by atoms with E-state index in [2.05, 4.69) is 5.32 Å². The molecule has 2 N–H and O–H groups in total. The fourth-order valence-corrected chi connectivity index (χ4v) is 2.82. The summed E-state index contributed by atoms with van der Waals surface area (Å²) in [6.45, 7) is 4.82. The average molecular weight is 277 g/mol. The number of sulfone groups is 1. The van der Waals surface area contributed by atoms with Gasteiger partial charge in [-0.1, -0.05) is 19.3 Å². The van der Waals surface area contributed by atoms with Crippen LogP contribution in [0.25, 0.3) is 0 Å². The van der Waals surface area contributed by atoms with Gasteiger partial charge in [-0.2, -0.15) is 0 Å². The van der Waals surface area contributed by atoms with E-state index in [-0.39, 0.29) is 12.0 Å². The van der Waals surface area contributed by atoms with E-state index in [1.165, 1.54) is 12.7 Å². The first-order valence-electron chi connectivity index (χ1n) is 6.74. The summed E-state index contributed by atoms with van der Waals surface area (Å²) >= 11 is 0. The molecule has 0 bridgehead atoms. The molecule has 0 aliphatic heterocycles. The molecule has 0 aromatic carbocycles. The quantitative estimate of drug-likeness (QED) is 0.769. The molecular weight excluding hydrogens is 250 g/mol. The van der Waals surface area contributed by atoms with Crippen LogP contribution in [0.5, 0.6) is 0 Å². The van der Waals surface area contributed by atoms with Crippen LogP contribution in [0.15, 0.2) is 0 Å². The van der Waals surface area contributed by atoms with Crippen molar-refractivity contribution in [3.05, 3.63) is 0 Å². The molecule has 0 radical (unpaired) electrons. The highest BCUT2D eigenvalue weighted by Crippen LogP contribution is 2.35. The van der Waals surface area contributed by atoms with Crippen LogP contribution in [-0.2, 0) is 9.84 Å². The fourth-order valence-electron chi connectivity index (χ4n) is 2.45. The molecule has 1 fully saturated rings. The van der Waals surface area contributed by atoms with E-state index in [4.69, 9.17) is 0 Å². The van der Waals surface area contributed by atoms with Crippen molar-refractivity contribution in [1.29, 1.82) is 0 Å². The Kier molecular flexibility index (Phi) is 5.21. The third-order valence-corrected chi connectivity index (χ3v) is 6.46. The summed E-state index contributed by atoms with van der Waals surface area (Å²) in [5.74, 6) is 0. The van der Waals surface area contributed by atoms with Crippen molar-refractivity contribution in [3.63, 3.8) is 0 Å². The second-order valence-corrected chi connectivity index (χ2v) is 9.00. The summed E-state index contributed by atoms with van der Waals surface area (Å²) in [5.41, 5.74) is -0.0359. The van der Waals surface area contributed by atoms with Crippen molar-refractivity contribution in [2.45, 2.75) is 50.7 Å². The lowest BCUT2D eigenvalue weighted by Gasteiger charge is -2.36. The van der Waals surface area contributed by atoms with Crippen LogP contribution >= 0.6 is 0 Å². The van der Waals surface area contributed by atoms with Crippen LogP contribution in [0.1, 0.15) is 46.0 Å². The molecular formula is C13H27NO3S. The summed E-state index contributed by atoms with van der Waals surface area (Å²) < 4.78 is 22.4. The van der Waals surface area contributed by atoms with E-state index in [9.17, 15) is 13.5 Å². The Morgan fingerprint density at radius 3 is 2.22 bits per heavy atom. The molecule has 5 heteroatoms. The van der Waals surface area contributed by atoms with Crippen LogP contribution in [-0.4, -0.2) is 44.2 Å². The lowest BCUT2D eigenvalue weighted by Crippen LogP contribution is -2.46. The third kappa shape index (κ3) is 3.93. The molecule has 0 amide bonds. The largest absolute Gasteiger partial charge is 0.396 e. The lowest BCUT2D eigenvalue weighted by atomic mass is 9.74. The molecule has 0 saturated heterocycles. The van der Waals surface area contributed by atoms with Crippen molar-refractivity contribution in [2.75, 3.05) is 26.0 Å². The average Bonchev–Trinajstić information content (AvgIpc) is 2.28. The SMILES string of the molecule is CC(C)(CNCC1(CO)CCCCC1)S(C)(=O)=O. The highest BCUT2D eigenvalue weighted by atomic mass is 32.2. The van der Waals surface area contributed by atoms with E-state index >= 15 is 0 Å². The van der Waals surface area contributed by atoms with E-state index < -0.39 is 14.6 Å². The van der Waals surface area contributed by atoms with Gasteiger partial charge in [0.2, 0.25) is 0 Å². The predicted octanol–water partition coefficient (Wildman–Crippen LogP) is 1.34. The zero-order valence-electron chi connectivity index (χ0n) is 11.8. The highest BCUT2D eigenvalue weighted by Gasteiger charge is 2.34. The van der Waals surface area contributed by atoms with Gasteiger partial charge in [0, 0.05) is 31.4 Å². The smallest absolute Gasteiger partial charge is 0.153 e. The second-order valence-electron chi connectivity index (χ2n) is 6.35. The molecule has 0 aromatic heterocycles. The zero-order valence-corrected chi connectivity index (χ0v) is 12.6. The molecule has 1 aliphatic rings. The van der Waals surface area contributed by atoms with Crippen LogP contribution in [0.2, 0.25) is 0 Å². The van der Waals surface area contributed by atoms with Crippen molar-refractivity contribution < 1.29 is 13.5 Å². The van der Waals surface area contributed by atoms with Gasteiger partial charge in [0.15, 0.2) is 9.84 Å². The van der Waals surface area contributed by atoms with Gasteiger partial charge in [-0.05, 0) is 26.7 Å². The Bertz CT molecular complexity index is 356. The summed E-state index contributed by atoms with van der Waals surface area (Å²) in [6, 6.07) is 0. The summed E-state index contributed by atoms with van der Waals surface area (Å²) in [6.07, 6.45) is 6.93. The summed E-state index contributed by atoms with van der Waals surface area (Å²) in [5, 5.41) is 12.8. The monoisotopic (exact) mass is 277 g/mol. The van der Waals surface area contributed by atoms with Gasteiger partial charge in [0.1, 0.15) is 0 Å². The Morgan fingerprint density at radius 2 is 1.78 bits per heavy atom. The van der Waals surface area contributed by atoms with Gasteiger partial charge < -0.3 is 10.4 Å². The first kappa shape index (κ1) is 15.9. The maximum Gasteiger partial charge on any atom is 0.153 e. The van der Waals surface area contributed by atoms with Crippen LogP contribution in [0.4, 0.5) is 0 Å². The van der Waals surface area contributed by atoms with Gasteiger partial charge in [0.05, 0.1) is 4.75 Å². The van der Waals surface area contributed by atoms with Crippen molar-refractivity contribution >= 4 is 9.84 Å². The van der Waals surface area contributed by atoms with Gasteiger partial charge in [-0.25, -0.2) is 8.42 Å². The Hall–Kier alpha value is -0.130. The highest BCUT2D eigenvalue weighted by molar-refractivity contribution is 7.92. The first-order chi connectivity index (χ1) is 8.22. The molecule has 1 saturated carbocycles. The Morgan fingerprint density at radius 1 is 1.22 bits per heavy atom.